The molecule has 0 unspecified atom stereocenters. The Morgan fingerprint density at radius 2 is 1.42 bits per heavy atom. The fourth-order valence-electron chi connectivity index (χ4n) is 2.68. The third-order valence-corrected chi connectivity index (χ3v) is 4.23. The van der Waals surface area contributed by atoms with Gasteiger partial charge in [0.05, 0.1) is 5.56 Å². The van der Waals surface area contributed by atoms with Crippen LogP contribution < -0.4 is 0 Å². The summed E-state index contributed by atoms with van der Waals surface area (Å²) in [5.41, 5.74) is 0.0716. The predicted molar refractivity (Wildman–Crippen MR) is 98.9 cm³/mol. The maximum Gasteiger partial charge on any atom is 0.373 e. The Labute approximate surface area is 147 Å². The molecule has 3 nitrogen and oxygen atoms in total. The quantitative estimate of drug-likeness (QED) is 0.235. The van der Waals surface area contributed by atoms with E-state index in [1.165, 1.54) is 51.4 Å². The van der Waals surface area contributed by atoms with Crippen LogP contribution in [0.3, 0.4) is 0 Å². The van der Waals surface area contributed by atoms with E-state index in [4.69, 9.17) is 9.78 Å². The molecule has 0 radical (unpaired) electrons. The van der Waals surface area contributed by atoms with Crippen molar-refractivity contribution in [3.8, 4) is 0 Å². The van der Waals surface area contributed by atoms with Gasteiger partial charge in [-0.1, -0.05) is 82.9 Å². The summed E-state index contributed by atoms with van der Waals surface area (Å²) < 4.78 is 0. The van der Waals surface area contributed by atoms with E-state index in [1.807, 2.05) is 32.0 Å². The second kappa shape index (κ2) is 12.1. The lowest BCUT2D eigenvalue weighted by atomic mass is 9.99. The van der Waals surface area contributed by atoms with Crippen LogP contribution in [0.5, 0.6) is 0 Å². The molecule has 24 heavy (non-hydrogen) atoms. The van der Waals surface area contributed by atoms with Gasteiger partial charge >= 0.3 is 5.97 Å². The summed E-state index contributed by atoms with van der Waals surface area (Å²) in [4.78, 5) is 22.2. The van der Waals surface area contributed by atoms with Gasteiger partial charge in [0.1, 0.15) is 5.60 Å². The Balaban J connectivity index is 2.08. The molecule has 0 aliphatic carbocycles. The first-order valence-corrected chi connectivity index (χ1v) is 9.50. The van der Waals surface area contributed by atoms with Crippen LogP contribution in [0, 0.1) is 0 Å². The first-order valence-electron chi connectivity index (χ1n) is 9.50. The van der Waals surface area contributed by atoms with E-state index in [2.05, 4.69) is 6.92 Å². The first kappa shape index (κ1) is 20.7. The molecule has 136 valence electrons. The average molecular weight is 334 g/mol. The van der Waals surface area contributed by atoms with Gasteiger partial charge in [-0.2, -0.15) is 4.89 Å². The van der Waals surface area contributed by atoms with E-state index in [9.17, 15) is 4.79 Å². The van der Waals surface area contributed by atoms with Gasteiger partial charge in [0.2, 0.25) is 0 Å². The van der Waals surface area contributed by atoms with Gasteiger partial charge in [0.25, 0.3) is 0 Å². The largest absolute Gasteiger partial charge is 0.373 e. The van der Waals surface area contributed by atoms with Crippen molar-refractivity contribution in [2.75, 3.05) is 0 Å². The van der Waals surface area contributed by atoms with Crippen molar-refractivity contribution >= 4 is 5.97 Å². The lowest BCUT2D eigenvalue weighted by Crippen LogP contribution is -2.26. The van der Waals surface area contributed by atoms with E-state index in [-0.39, 0.29) is 0 Å². The predicted octanol–water partition coefficient (Wildman–Crippen LogP) is 6.47. The van der Waals surface area contributed by atoms with Crippen molar-refractivity contribution in [2.24, 2.45) is 0 Å². The molecular weight excluding hydrogens is 300 g/mol. The van der Waals surface area contributed by atoms with E-state index < -0.39 is 11.6 Å². The molecule has 1 aromatic carbocycles. The first-order chi connectivity index (χ1) is 11.5. The van der Waals surface area contributed by atoms with Crippen LogP contribution in [0.2, 0.25) is 0 Å². The molecule has 0 bridgehead atoms. The van der Waals surface area contributed by atoms with Crippen molar-refractivity contribution in [1.82, 2.24) is 0 Å². The molecule has 1 aromatic rings. The number of carbonyl (C=O) groups is 1. The average Bonchev–Trinajstić information content (AvgIpc) is 2.59. The summed E-state index contributed by atoms with van der Waals surface area (Å²) in [6, 6.07) is 8.93. The molecule has 0 spiro atoms. The number of hydrogen-bond acceptors (Lipinski definition) is 3. The van der Waals surface area contributed by atoms with Crippen molar-refractivity contribution in [1.29, 1.82) is 0 Å². The third-order valence-electron chi connectivity index (χ3n) is 4.23. The van der Waals surface area contributed by atoms with Crippen LogP contribution in [-0.2, 0) is 9.78 Å². The van der Waals surface area contributed by atoms with Gasteiger partial charge in [-0.25, -0.2) is 4.79 Å². The van der Waals surface area contributed by atoms with Gasteiger partial charge in [-0.05, 0) is 32.4 Å². The Morgan fingerprint density at radius 3 is 2.00 bits per heavy atom. The lowest BCUT2D eigenvalue weighted by molar-refractivity contribution is -0.308. The van der Waals surface area contributed by atoms with Crippen LogP contribution in [-0.4, -0.2) is 11.6 Å². The van der Waals surface area contributed by atoms with Crippen LogP contribution in [0.15, 0.2) is 30.3 Å². The topological polar surface area (TPSA) is 35.5 Å². The van der Waals surface area contributed by atoms with Crippen molar-refractivity contribution in [2.45, 2.75) is 90.6 Å². The molecule has 0 aliphatic heterocycles. The smallest absolute Gasteiger partial charge is 0.292 e. The highest BCUT2D eigenvalue weighted by Gasteiger charge is 2.22. The number of rotatable bonds is 13. The van der Waals surface area contributed by atoms with Gasteiger partial charge in [-0.3, -0.25) is 4.89 Å². The van der Waals surface area contributed by atoms with Crippen LogP contribution in [0.25, 0.3) is 0 Å². The van der Waals surface area contributed by atoms with Crippen molar-refractivity contribution in [3.05, 3.63) is 35.9 Å². The Morgan fingerprint density at radius 1 is 0.875 bits per heavy atom. The van der Waals surface area contributed by atoms with E-state index in [0.717, 1.165) is 12.8 Å². The fraction of sp³-hybridized carbons (Fsp3) is 0.667. The number of unbranched alkanes of at least 4 members (excludes halogenated alkanes) is 8. The minimum absolute atomic E-state index is 0.434. The SMILES string of the molecule is CCCCCCCCCCCC(C)(C)OOC(=O)c1ccccc1. The second-order valence-corrected chi connectivity index (χ2v) is 7.16. The molecule has 0 N–H and O–H groups in total. The molecule has 0 fully saturated rings. The molecule has 0 heterocycles. The molecule has 0 atom stereocenters. The van der Waals surface area contributed by atoms with E-state index in [1.54, 1.807) is 12.1 Å². The van der Waals surface area contributed by atoms with Gasteiger partial charge in [-0.15, -0.1) is 0 Å². The molecule has 1 rings (SSSR count). The van der Waals surface area contributed by atoms with Crippen LogP contribution in [0.4, 0.5) is 0 Å². The van der Waals surface area contributed by atoms with Crippen LogP contribution >= 0.6 is 0 Å². The maximum atomic E-state index is 11.9. The summed E-state index contributed by atoms with van der Waals surface area (Å²) in [6.07, 6.45) is 12.6. The Hall–Kier alpha value is -1.35. The zero-order valence-electron chi connectivity index (χ0n) is 15.7. The summed E-state index contributed by atoms with van der Waals surface area (Å²) in [6.45, 7) is 6.19. The lowest BCUT2D eigenvalue weighted by Gasteiger charge is -2.22. The highest BCUT2D eigenvalue weighted by atomic mass is 17.2. The standard InChI is InChI=1S/C21H34O3/c1-4-5-6-7-8-9-10-11-15-18-21(2,3)24-23-20(22)19-16-13-12-14-17-19/h12-14,16-17H,4-11,15,18H2,1-3H3. The molecule has 0 aliphatic rings. The summed E-state index contributed by atoms with van der Waals surface area (Å²) >= 11 is 0. The van der Waals surface area contributed by atoms with Gasteiger partial charge < -0.3 is 0 Å². The number of benzene rings is 1. The minimum atomic E-state index is -0.439. The normalized spacial score (nSPS) is 11.5. The molecule has 0 amide bonds. The highest BCUT2D eigenvalue weighted by Crippen LogP contribution is 2.20. The second-order valence-electron chi connectivity index (χ2n) is 7.16. The molecular formula is C21H34O3. The highest BCUT2D eigenvalue weighted by molar-refractivity contribution is 5.88. The molecule has 0 aromatic heterocycles. The monoisotopic (exact) mass is 334 g/mol. The van der Waals surface area contributed by atoms with Gasteiger partial charge in [0.15, 0.2) is 0 Å². The zero-order chi connectivity index (χ0) is 17.7. The molecule has 3 heteroatoms. The minimum Gasteiger partial charge on any atom is -0.292 e. The summed E-state index contributed by atoms with van der Waals surface area (Å²) in [7, 11) is 0. The van der Waals surface area contributed by atoms with E-state index >= 15 is 0 Å². The van der Waals surface area contributed by atoms with Crippen molar-refractivity contribution in [3.63, 3.8) is 0 Å². The van der Waals surface area contributed by atoms with E-state index in [0.29, 0.717) is 5.56 Å². The number of carbonyl (C=O) groups excluding carboxylic acids is 1. The Bertz CT molecular complexity index is 440. The maximum absolute atomic E-state index is 11.9. The molecule has 0 saturated heterocycles. The Kier molecular flexibility index (Phi) is 10.4. The van der Waals surface area contributed by atoms with Crippen molar-refractivity contribution < 1.29 is 14.6 Å². The third kappa shape index (κ3) is 9.71. The molecule has 0 saturated carbocycles. The number of hydrogen-bond donors (Lipinski definition) is 0. The summed E-state index contributed by atoms with van der Waals surface area (Å²) in [5.74, 6) is -0.434. The fourth-order valence-corrected chi connectivity index (χ4v) is 2.68. The van der Waals surface area contributed by atoms with Gasteiger partial charge in [0, 0.05) is 0 Å². The summed E-state index contributed by atoms with van der Waals surface area (Å²) in [5, 5.41) is 0. The van der Waals surface area contributed by atoms with Crippen LogP contribution in [0.1, 0.15) is 95.3 Å². The zero-order valence-corrected chi connectivity index (χ0v) is 15.7.